The average molecular weight is 1180 g/mol. The monoisotopic (exact) mass is 1180 g/mol. The molecule has 12 unspecified atom stereocenters. The zero-order valence-corrected chi connectivity index (χ0v) is 53.5. The molecule has 83 heavy (non-hydrogen) atoms. The first kappa shape index (κ1) is 77.8. The Labute approximate surface area is 507 Å². The van der Waals surface area contributed by atoms with Crippen LogP contribution in [0.25, 0.3) is 0 Å². The predicted octanol–water partition coefficient (Wildman–Crippen LogP) is 14.2. The Balaban J connectivity index is 1.65. The Kier molecular flexibility index (Phi) is 51.4. The fourth-order valence-corrected chi connectivity index (χ4v) is 12.1. The third kappa shape index (κ3) is 39.4. The highest BCUT2D eigenvalue weighted by Gasteiger charge is 2.51. The van der Waals surface area contributed by atoms with Crippen molar-refractivity contribution in [2.75, 3.05) is 19.8 Å². The number of nitrogens with one attached hydrogen (secondary N) is 1. The number of carbonyl (C=O) groups is 1. The molecule has 14 nitrogen and oxygen atoms in total. The van der Waals surface area contributed by atoms with Crippen LogP contribution in [-0.2, 0) is 23.7 Å². The zero-order chi connectivity index (χ0) is 60.2. The molecule has 0 spiro atoms. The van der Waals surface area contributed by atoms with Gasteiger partial charge in [0.05, 0.1) is 32.0 Å². The van der Waals surface area contributed by atoms with Crippen molar-refractivity contribution in [1.29, 1.82) is 0 Å². The first-order valence-corrected chi connectivity index (χ1v) is 35.4. The van der Waals surface area contributed by atoms with Crippen LogP contribution in [-0.4, -0.2) is 140 Å². The molecule has 2 heterocycles. The van der Waals surface area contributed by atoms with Crippen LogP contribution < -0.4 is 5.32 Å². The lowest BCUT2D eigenvalue weighted by Crippen LogP contribution is -2.65. The maximum absolute atomic E-state index is 13.3. The number of aliphatic hydroxyl groups excluding tert-OH is 8. The molecule has 0 radical (unpaired) electrons. The molecule has 2 saturated heterocycles. The third-order valence-corrected chi connectivity index (χ3v) is 17.7. The first-order valence-electron chi connectivity index (χ1n) is 35.4. The van der Waals surface area contributed by atoms with E-state index in [2.05, 4.69) is 19.2 Å². The maximum Gasteiger partial charge on any atom is 0.220 e. The summed E-state index contributed by atoms with van der Waals surface area (Å²) in [6.45, 7) is 2.86. The van der Waals surface area contributed by atoms with E-state index in [0.29, 0.717) is 6.42 Å². The number of hydrogen-bond donors (Lipinski definition) is 9. The molecule has 1 amide bonds. The molecule has 0 saturated carbocycles. The van der Waals surface area contributed by atoms with Gasteiger partial charge in [-0.1, -0.05) is 315 Å². The van der Waals surface area contributed by atoms with Crippen LogP contribution in [0, 0.1) is 0 Å². The molecule has 492 valence electrons. The highest BCUT2D eigenvalue weighted by atomic mass is 16.7. The number of aliphatic hydroxyl groups is 8. The van der Waals surface area contributed by atoms with Crippen LogP contribution in [0.5, 0.6) is 0 Å². The number of amides is 1. The number of hydrogen-bond acceptors (Lipinski definition) is 13. The fraction of sp³-hybridized carbons (Fsp3) is 0.957. The average Bonchev–Trinajstić information content (AvgIpc) is 3.64. The topological polar surface area (TPSA) is 228 Å². The van der Waals surface area contributed by atoms with Crippen LogP contribution >= 0.6 is 0 Å². The van der Waals surface area contributed by atoms with Crippen molar-refractivity contribution >= 4 is 5.91 Å². The van der Waals surface area contributed by atoms with E-state index in [1.54, 1.807) is 6.08 Å². The van der Waals surface area contributed by atoms with E-state index < -0.39 is 86.8 Å². The van der Waals surface area contributed by atoms with E-state index >= 15 is 0 Å². The molecule has 12 atom stereocenters. The smallest absolute Gasteiger partial charge is 0.220 e. The summed E-state index contributed by atoms with van der Waals surface area (Å²) in [5.74, 6) is -0.232. The van der Waals surface area contributed by atoms with E-state index in [-0.39, 0.29) is 18.9 Å². The second kappa shape index (κ2) is 54.8. The Morgan fingerprint density at radius 2 is 0.747 bits per heavy atom. The van der Waals surface area contributed by atoms with Gasteiger partial charge in [0.1, 0.15) is 48.8 Å². The molecule has 2 rings (SSSR count). The van der Waals surface area contributed by atoms with Crippen LogP contribution in [0.3, 0.4) is 0 Å². The minimum Gasteiger partial charge on any atom is -0.394 e. The van der Waals surface area contributed by atoms with Crippen molar-refractivity contribution in [3.63, 3.8) is 0 Å². The number of allylic oxidation sites excluding steroid dienone is 1. The third-order valence-electron chi connectivity index (χ3n) is 17.7. The van der Waals surface area contributed by atoms with Gasteiger partial charge in [0.25, 0.3) is 0 Å². The molecule has 0 bridgehead atoms. The molecule has 0 aliphatic carbocycles. The highest BCUT2D eigenvalue weighted by Crippen LogP contribution is 2.30. The van der Waals surface area contributed by atoms with Gasteiger partial charge in [-0.25, -0.2) is 0 Å². The minimum atomic E-state index is -1.79. The minimum absolute atomic E-state index is 0.232. The summed E-state index contributed by atoms with van der Waals surface area (Å²) in [4.78, 5) is 13.3. The molecule has 2 aliphatic rings. The summed E-state index contributed by atoms with van der Waals surface area (Å²) in [5, 5.41) is 87.4. The largest absolute Gasteiger partial charge is 0.394 e. The van der Waals surface area contributed by atoms with E-state index in [0.717, 1.165) is 38.5 Å². The second-order valence-electron chi connectivity index (χ2n) is 25.4. The van der Waals surface area contributed by atoms with Crippen LogP contribution in [0.1, 0.15) is 328 Å². The quantitative estimate of drug-likeness (QED) is 0.0204. The summed E-state index contributed by atoms with van der Waals surface area (Å²) in [7, 11) is 0. The summed E-state index contributed by atoms with van der Waals surface area (Å²) in [6, 6.07) is -0.911. The van der Waals surface area contributed by atoms with Gasteiger partial charge in [0, 0.05) is 6.42 Å². The molecule has 9 N–H and O–H groups in total. The van der Waals surface area contributed by atoms with Gasteiger partial charge in [-0.15, -0.1) is 0 Å². The molecule has 0 aromatic heterocycles. The van der Waals surface area contributed by atoms with Crippen molar-refractivity contribution in [2.24, 2.45) is 0 Å². The lowest BCUT2D eigenvalue weighted by molar-refractivity contribution is -0.359. The van der Waals surface area contributed by atoms with Gasteiger partial charge in [-0.05, 0) is 19.3 Å². The number of rotatable bonds is 59. The van der Waals surface area contributed by atoms with Crippen LogP contribution in [0.4, 0.5) is 0 Å². The normalized spacial score (nSPS) is 23.8. The van der Waals surface area contributed by atoms with Gasteiger partial charge in [-0.3, -0.25) is 4.79 Å². The molecule has 2 aliphatic heterocycles. The summed E-state index contributed by atoms with van der Waals surface area (Å²) in [5.41, 5.74) is 0. The van der Waals surface area contributed by atoms with E-state index in [1.807, 2.05) is 6.08 Å². The summed E-state index contributed by atoms with van der Waals surface area (Å²) >= 11 is 0. The Morgan fingerprint density at radius 3 is 1.11 bits per heavy atom. The Morgan fingerprint density at radius 1 is 0.422 bits per heavy atom. The Bertz CT molecular complexity index is 1440. The number of carbonyl (C=O) groups excluding carboxylic acids is 1. The van der Waals surface area contributed by atoms with Gasteiger partial charge in [0.15, 0.2) is 12.6 Å². The molecule has 14 heteroatoms. The van der Waals surface area contributed by atoms with Crippen LogP contribution in [0.2, 0.25) is 0 Å². The predicted molar refractivity (Wildman–Crippen MR) is 337 cm³/mol. The fourth-order valence-electron chi connectivity index (χ4n) is 12.1. The zero-order valence-electron chi connectivity index (χ0n) is 53.5. The Hall–Kier alpha value is -1.27. The first-order chi connectivity index (χ1) is 40.6. The molecule has 2 fully saturated rings. The summed E-state index contributed by atoms with van der Waals surface area (Å²) < 4.78 is 22.9. The lowest BCUT2D eigenvalue weighted by Gasteiger charge is -2.46. The maximum atomic E-state index is 13.3. The molecular formula is C69H133NO13. The van der Waals surface area contributed by atoms with Crippen LogP contribution in [0.15, 0.2) is 12.2 Å². The van der Waals surface area contributed by atoms with E-state index in [4.69, 9.17) is 18.9 Å². The van der Waals surface area contributed by atoms with E-state index in [9.17, 15) is 45.6 Å². The second-order valence-corrected chi connectivity index (χ2v) is 25.4. The van der Waals surface area contributed by atoms with Gasteiger partial charge < -0.3 is 65.1 Å². The van der Waals surface area contributed by atoms with Crippen molar-refractivity contribution in [3.8, 4) is 0 Å². The molecule has 0 aromatic rings. The van der Waals surface area contributed by atoms with Crippen molar-refractivity contribution in [2.45, 2.75) is 402 Å². The molecule has 0 aromatic carbocycles. The molecular weight excluding hydrogens is 1050 g/mol. The van der Waals surface area contributed by atoms with Crippen molar-refractivity contribution in [3.05, 3.63) is 12.2 Å². The lowest BCUT2D eigenvalue weighted by atomic mass is 9.97. The van der Waals surface area contributed by atoms with Crippen molar-refractivity contribution < 1.29 is 64.6 Å². The van der Waals surface area contributed by atoms with Gasteiger partial charge >= 0.3 is 0 Å². The van der Waals surface area contributed by atoms with Gasteiger partial charge in [-0.2, -0.15) is 0 Å². The summed E-state index contributed by atoms with van der Waals surface area (Å²) in [6.07, 6.45) is 49.9. The standard InChI is InChI=1S/C69H133NO13/c1-3-5-7-9-11-13-15-17-19-21-23-24-25-26-27-28-29-30-31-32-33-34-35-36-38-40-42-44-46-48-50-52-58(73)57(70-61(74)53-51-49-47-45-43-41-39-37-22-20-18-16-14-12-10-8-6-4-2)56-80-68-66(79)64(77)67(60(55-72)82-68)83-69-65(78)63(76)62(75)59(54-71)81-69/h50,52,57-60,62-69,71-73,75-79H,3-49,51,53-56H2,1-2H3,(H,70,74)/b52-50+. The van der Waals surface area contributed by atoms with Crippen molar-refractivity contribution in [1.82, 2.24) is 5.32 Å². The number of ether oxygens (including phenoxy) is 4. The van der Waals surface area contributed by atoms with E-state index in [1.165, 1.54) is 263 Å². The number of unbranched alkanes of at least 4 members (excludes halogenated alkanes) is 46. The highest BCUT2D eigenvalue weighted by molar-refractivity contribution is 5.76. The SMILES string of the molecule is CCCCCCCCCCCCCCCCCCCCCCCCCCCCCCC/C=C/C(O)C(COC1OC(CO)C(OC2OC(CO)C(O)C(O)C2O)C(O)C1O)NC(=O)CCCCCCCCCCCCCCCCCCCC. The van der Waals surface area contributed by atoms with Gasteiger partial charge in [0.2, 0.25) is 5.91 Å².